The number of ketones is 1. The number of hydrogen-bond donors (Lipinski definition) is 2. The lowest BCUT2D eigenvalue weighted by atomic mass is 9.93. The highest BCUT2D eigenvalue weighted by Gasteiger charge is 2.23. The summed E-state index contributed by atoms with van der Waals surface area (Å²) in [7, 11) is 0. The van der Waals surface area contributed by atoms with Crippen molar-refractivity contribution in [2.45, 2.75) is 148 Å². The molecule has 0 radical (unpaired) electrons. The average Bonchev–Trinajstić information content (AvgIpc) is 3.09. The van der Waals surface area contributed by atoms with E-state index in [1.54, 1.807) is 6.08 Å². The minimum Gasteiger partial charge on any atom is -0.396 e. The van der Waals surface area contributed by atoms with Crippen LogP contribution in [0.1, 0.15) is 147 Å². The van der Waals surface area contributed by atoms with Gasteiger partial charge in [-0.05, 0) is 65.3 Å². The van der Waals surface area contributed by atoms with Crippen molar-refractivity contribution in [3.63, 3.8) is 0 Å². The summed E-state index contributed by atoms with van der Waals surface area (Å²) in [5.41, 5.74) is 1.32. The molecule has 2 atom stereocenters. The summed E-state index contributed by atoms with van der Waals surface area (Å²) in [5, 5.41) is 25.5. The highest BCUT2D eigenvalue weighted by Crippen LogP contribution is 2.29. The second-order valence-corrected chi connectivity index (χ2v) is 13.6. The Bertz CT molecular complexity index is 1270. The van der Waals surface area contributed by atoms with Crippen LogP contribution in [0.25, 0.3) is 27.6 Å². The number of aliphatic hydroxyl groups is 2. The van der Waals surface area contributed by atoms with Crippen molar-refractivity contribution in [1.82, 2.24) is 0 Å². The summed E-state index contributed by atoms with van der Waals surface area (Å²) in [6.07, 6.45) is 32.3. The van der Waals surface area contributed by atoms with E-state index in [0.717, 1.165) is 38.5 Å². The van der Waals surface area contributed by atoms with Gasteiger partial charge in [-0.1, -0.05) is 176 Å². The summed E-state index contributed by atoms with van der Waals surface area (Å²) < 4.78 is 0. The van der Waals surface area contributed by atoms with E-state index in [0.29, 0.717) is 6.42 Å². The Morgan fingerprint density at radius 1 is 0.638 bits per heavy atom. The number of unbranched alkanes of at least 4 members (excludes halogenated alkanes) is 18. The van der Waals surface area contributed by atoms with Crippen molar-refractivity contribution in [1.29, 1.82) is 0 Å². The maximum absolute atomic E-state index is 12.7. The Hall–Kier alpha value is -2.75. The third-order valence-corrected chi connectivity index (χ3v) is 9.72. The number of carbonyl (C=O) groups excluding carboxylic acids is 1. The van der Waals surface area contributed by atoms with Crippen LogP contribution in [0.15, 0.2) is 72.8 Å². The van der Waals surface area contributed by atoms with E-state index in [1.165, 1.54) is 117 Å². The topological polar surface area (TPSA) is 57.5 Å². The number of allylic oxidation sites excluding steroid dienone is 2. The Morgan fingerprint density at radius 3 is 1.64 bits per heavy atom. The van der Waals surface area contributed by atoms with Gasteiger partial charge in [0.2, 0.25) is 0 Å². The fourth-order valence-electron chi connectivity index (χ4n) is 6.76. The lowest BCUT2D eigenvalue weighted by molar-refractivity contribution is -0.127. The third-order valence-electron chi connectivity index (χ3n) is 9.72. The predicted molar refractivity (Wildman–Crippen MR) is 204 cm³/mol. The Labute approximate surface area is 286 Å². The zero-order chi connectivity index (χ0) is 33.4. The summed E-state index contributed by atoms with van der Waals surface area (Å²) in [6.45, 7) is 1.98. The van der Waals surface area contributed by atoms with Crippen molar-refractivity contribution in [2.75, 3.05) is 6.61 Å². The molecule has 0 amide bonds. The van der Waals surface area contributed by atoms with Crippen LogP contribution < -0.4 is 0 Å². The van der Waals surface area contributed by atoms with E-state index in [1.807, 2.05) is 6.08 Å². The molecule has 0 aliphatic rings. The molecule has 258 valence electrons. The van der Waals surface area contributed by atoms with Gasteiger partial charge in [-0.2, -0.15) is 0 Å². The fourth-order valence-corrected chi connectivity index (χ4v) is 6.76. The lowest BCUT2D eigenvalue weighted by Crippen LogP contribution is -2.30. The maximum atomic E-state index is 12.7. The molecule has 0 saturated carbocycles. The van der Waals surface area contributed by atoms with Crippen LogP contribution in [0.3, 0.4) is 0 Å². The zero-order valence-electron chi connectivity index (χ0n) is 29.5. The second kappa shape index (κ2) is 24.4. The molecule has 0 aromatic heterocycles. The summed E-state index contributed by atoms with van der Waals surface area (Å²) in [5.74, 6) is -0.700. The fraction of sp³-hybridized carbons (Fsp3) is 0.568. The van der Waals surface area contributed by atoms with Crippen molar-refractivity contribution < 1.29 is 15.0 Å². The van der Waals surface area contributed by atoms with Gasteiger partial charge in [0, 0.05) is 6.42 Å². The highest BCUT2D eigenvalue weighted by molar-refractivity contribution is 6.06. The van der Waals surface area contributed by atoms with Gasteiger partial charge in [-0.3, -0.25) is 4.79 Å². The van der Waals surface area contributed by atoms with E-state index in [9.17, 15) is 15.0 Å². The molecular formula is C44H64O3. The van der Waals surface area contributed by atoms with E-state index >= 15 is 0 Å². The van der Waals surface area contributed by atoms with Crippen molar-refractivity contribution in [3.05, 3.63) is 78.4 Å². The number of Topliss-reactive ketones (excluding diaryl/α,β-unsaturated/α-hetero) is 1. The number of rotatable bonds is 27. The van der Waals surface area contributed by atoms with Gasteiger partial charge in [0.1, 0.15) is 5.78 Å². The molecule has 0 bridgehead atoms. The van der Waals surface area contributed by atoms with Gasteiger partial charge in [-0.25, -0.2) is 0 Å². The molecule has 3 heteroatoms. The number of benzene rings is 3. The zero-order valence-corrected chi connectivity index (χ0v) is 29.5. The summed E-state index contributed by atoms with van der Waals surface area (Å²) >= 11 is 0. The lowest BCUT2D eigenvalue weighted by Gasteiger charge is -2.17. The molecule has 0 saturated heterocycles. The molecule has 0 unspecified atom stereocenters. The first-order chi connectivity index (χ1) is 23.2. The van der Waals surface area contributed by atoms with Crippen LogP contribution >= 0.6 is 0 Å². The molecule has 0 heterocycles. The van der Waals surface area contributed by atoms with E-state index in [4.69, 9.17) is 0 Å². The average molecular weight is 641 g/mol. The standard InChI is InChI=1S/C44H64O3/c1-2-3-4-5-6-7-8-9-10-13-16-19-22-33-43(46)42(36-45)44(47)34-23-20-17-14-11-12-15-18-21-32-41-39-30-26-24-28-37(39)35-38-29-25-27-31-40(38)41/h21-22,24-33,35,42-43,45-46H,2-20,23,34,36H2,1H3/t42-,43+/m0/s1. The van der Waals surface area contributed by atoms with Crippen molar-refractivity contribution in [3.8, 4) is 0 Å². The first kappa shape index (κ1) is 38.7. The van der Waals surface area contributed by atoms with Gasteiger partial charge < -0.3 is 10.2 Å². The smallest absolute Gasteiger partial charge is 0.141 e. The molecule has 3 aromatic rings. The Balaban J connectivity index is 1.19. The number of carbonyl (C=O) groups is 1. The van der Waals surface area contributed by atoms with Crippen LogP contribution in [0.5, 0.6) is 0 Å². The highest BCUT2D eigenvalue weighted by atomic mass is 16.3. The summed E-state index contributed by atoms with van der Waals surface area (Å²) in [6, 6.07) is 19.6. The van der Waals surface area contributed by atoms with Gasteiger partial charge in [0.25, 0.3) is 0 Å². The first-order valence-corrected chi connectivity index (χ1v) is 19.2. The van der Waals surface area contributed by atoms with Crippen LogP contribution in [0, 0.1) is 5.92 Å². The van der Waals surface area contributed by atoms with Gasteiger partial charge in [0.05, 0.1) is 18.6 Å². The molecule has 47 heavy (non-hydrogen) atoms. The number of aliphatic hydroxyl groups excluding tert-OH is 2. The van der Waals surface area contributed by atoms with E-state index < -0.39 is 12.0 Å². The summed E-state index contributed by atoms with van der Waals surface area (Å²) in [4.78, 5) is 12.7. The van der Waals surface area contributed by atoms with Crippen LogP contribution in [0.2, 0.25) is 0 Å². The molecule has 0 aliphatic heterocycles. The molecular weight excluding hydrogens is 576 g/mol. The van der Waals surface area contributed by atoms with E-state index in [2.05, 4.69) is 73.7 Å². The largest absolute Gasteiger partial charge is 0.396 e. The van der Waals surface area contributed by atoms with Gasteiger partial charge in [0.15, 0.2) is 0 Å². The normalized spacial score (nSPS) is 13.3. The van der Waals surface area contributed by atoms with Gasteiger partial charge >= 0.3 is 0 Å². The second-order valence-electron chi connectivity index (χ2n) is 13.6. The molecule has 0 aliphatic carbocycles. The maximum Gasteiger partial charge on any atom is 0.141 e. The Kier molecular flexibility index (Phi) is 20.1. The van der Waals surface area contributed by atoms with Crippen LogP contribution in [-0.2, 0) is 4.79 Å². The van der Waals surface area contributed by atoms with Crippen molar-refractivity contribution >= 4 is 33.4 Å². The minimum absolute atomic E-state index is 0.00916. The molecule has 2 N–H and O–H groups in total. The van der Waals surface area contributed by atoms with E-state index in [-0.39, 0.29) is 12.4 Å². The molecule has 3 aromatic carbocycles. The number of fused-ring (bicyclic) bond motifs is 2. The quantitative estimate of drug-likeness (QED) is 0.0495. The molecule has 0 spiro atoms. The Morgan fingerprint density at radius 2 is 1.11 bits per heavy atom. The molecule has 3 nitrogen and oxygen atoms in total. The number of hydrogen-bond acceptors (Lipinski definition) is 3. The molecule has 0 fully saturated rings. The monoisotopic (exact) mass is 640 g/mol. The van der Waals surface area contributed by atoms with Crippen LogP contribution in [0.4, 0.5) is 0 Å². The first-order valence-electron chi connectivity index (χ1n) is 19.2. The van der Waals surface area contributed by atoms with Crippen molar-refractivity contribution in [2.24, 2.45) is 5.92 Å². The third kappa shape index (κ3) is 14.9. The minimum atomic E-state index is -0.881. The molecule has 3 rings (SSSR count). The van der Waals surface area contributed by atoms with Crippen LogP contribution in [-0.4, -0.2) is 28.7 Å². The SMILES string of the molecule is CCCCCCCCCCCCCC=C[C@@H](O)[C@H](CO)C(=O)CCCCCCCCCC=Cc1c2ccccc2cc2ccccc12. The predicted octanol–water partition coefficient (Wildman–Crippen LogP) is 12.3. The van der Waals surface area contributed by atoms with Gasteiger partial charge in [-0.15, -0.1) is 0 Å².